The zero-order valence-electron chi connectivity index (χ0n) is 26.6. The molecule has 0 aromatic heterocycles. The summed E-state index contributed by atoms with van der Waals surface area (Å²) >= 11 is 0. The van der Waals surface area contributed by atoms with Gasteiger partial charge in [0.25, 0.3) is 0 Å². The minimum Gasteiger partial charge on any atom is -0.504 e. The van der Waals surface area contributed by atoms with Crippen LogP contribution in [0.15, 0.2) is 53.0 Å². The highest BCUT2D eigenvalue weighted by Crippen LogP contribution is 2.64. The Morgan fingerprint density at radius 2 is 1.70 bits per heavy atom. The second kappa shape index (κ2) is 10.6. The zero-order chi connectivity index (χ0) is 32.8. The number of fused-ring (bicyclic) bond motifs is 9. The van der Waals surface area contributed by atoms with Crippen molar-refractivity contribution >= 4 is 23.1 Å². The standard InChI is InChI=1S/C21H30O3.C16H12O6/c1-13(22)24-15-8-10-20(2)14(12-15)4-5-16-17-6-7-19(23)21(17,3)11-9-18(16)20;17-10-2-1-8-13-9-4-12(19)11(18)3-7(9)5-16(13,21)6-22-15(8)14(10)20/h4,15-18H,5-12H2,1-3H3;1-4,18-21H,5-6H2. The summed E-state index contributed by atoms with van der Waals surface area (Å²) in [5.41, 5.74) is 2.53. The SMILES string of the molecule is CC(=O)OC1CCC2(C)C(=CCC3C4CCC(=O)C4(C)CCC32)C1.O=C1C=CC2=C3c4cc(O)c(O)cc4CC3(O)COC2=C1O. The van der Waals surface area contributed by atoms with Crippen LogP contribution >= 0.6 is 0 Å². The van der Waals surface area contributed by atoms with E-state index in [9.17, 15) is 34.8 Å². The Labute approximate surface area is 268 Å². The molecule has 1 aromatic rings. The number of phenolic OH excluding ortho intramolecular Hbond substituents is 2. The highest BCUT2D eigenvalue weighted by Gasteiger charge is 2.58. The number of aliphatic hydroxyl groups is 2. The molecule has 244 valence electrons. The van der Waals surface area contributed by atoms with Crippen molar-refractivity contribution in [1.29, 1.82) is 0 Å². The number of phenols is 2. The number of ether oxygens (including phenoxy) is 2. The van der Waals surface area contributed by atoms with Gasteiger partial charge in [0, 0.05) is 42.7 Å². The van der Waals surface area contributed by atoms with E-state index in [-0.39, 0.29) is 53.2 Å². The fourth-order valence-corrected chi connectivity index (χ4v) is 9.99. The molecular weight excluding hydrogens is 588 g/mol. The number of esters is 1. The molecule has 9 nitrogen and oxygen atoms in total. The highest BCUT2D eigenvalue weighted by molar-refractivity contribution is 6.06. The van der Waals surface area contributed by atoms with E-state index in [4.69, 9.17) is 9.47 Å². The molecule has 7 atom stereocenters. The van der Waals surface area contributed by atoms with Crippen molar-refractivity contribution in [3.63, 3.8) is 0 Å². The van der Waals surface area contributed by atoms with Crippen molar-refractivity contribution in [2.45, 2.75) is 90.3 Å². The first kappa shape index (κ1) is 30.8. The third kappa shape index (κ3) is 4.56. The van der Waals surface area contributed by atoms with Crippen LogP contribution in [0.5, 0.6) is 11.5 Å². The molecular formula is C37H42O9. The maximum Gasteiger partial charge on any atom is 0.302 e. The van der Waals surface area contributed by atoms with E-state index >= 15 is 0 Å². The number of aromatic hydroxyl groups is 2. The Hall–Kier alpha value is -3.85. The lowest BCUT2D eigenvalue weighted by molar-refractivity contribution is -0.148. The van der Waals surface area contributed by atoms with Crippen molar-refractivity contribution in [3.8, 4) is 11.5 Å². The fraction of sp³-hybridized carbons (Fsp3) is 0.541. The van der Waals surface area contributed by atoms with Gasteiger partial charge in [-0.1, -0.05) is 25.5 Å². The number of carbonyl (C=O) groups is 3. The normalized spacial score (nSPS) is 37.0. The van der Waals surface area contributed by atoms with Gasteiger partial charge in [-0.3, -0.25) is 14.4 Å². The first-order valence-corrected chi connectivity index (χ1v) is 16.5. The molecule has 1 aliphatic heterocycles. The second-order valence-corrected chi connectivity index (χ2v) is 14.8. The predicted octanol–water partition coefficient (Wildman–Crippen LogP) is 5.53. The predicted molar refractivity (Wildman–Crippen MR) is 167 cm³/mol. The number of allylic oxidation sites excluding steroid dienone is 3. The van der Waals surface area contributed by atoms with Crippen LogP contribution < -0.4 is 0 Å². The summed E-state index contributed by atoms with van der Waals surface area (Å²) in [5.74, 6) is 0.750. The van der Waals surface area contributed by atoms with Gasteiger partial charge in [-0.2, -0.15) is 0 Å². The molecule has 6 aliphatic carbocycles. The lowest BCUT2D eigenvalue weighted by Gasteiger charge is -2.56. The number of ketones is 2. The van der Waals surface area contributed by atoms with Gasteiger partial charge >= 0.3 is 5.97 Å². The van der Waals surface area contributed by atoms with Gasteiger partial charge in [-0.25, -0.2) is 0 Å². The molecule has 0 spiro atoms. The summed E-state index contributed by atoms with van der Waals surface area (Å²) in [5, 5.41) is 40.1. The second-order valence-electron chi connectivity index (χ2n) is 14.8. The summed E-state index contributed by atoms with van der Waals surface area (Å²) in [6, 6.07) is 2.77. The molecule has 1 aromatic carbocycles. The van der Waals surface area contributed by atoms with E-state index in [0.29, 0.717) is 45.8 Å². The average Bonchev–Trinajstić information content (AvgIpc) is 3.47. The molecule has 8 rings (SSSR count). The van der Waals surface area contributed by atoms with Crippen LogP contribution in [0.1, 0.15) is 83.3 Å². The van der Waals surface area contributed by atoms with Gasteiger partial charge in [0.05, 0.1) is 0 Å². The number of hydrogen-bond donors (Lipinski definition) is 4. The van der Waals surface area contributed by atoms with E-state index in [1.54, 1.807) is 0 Å². The molecule has 0 radical (unpaired) electrons. The molecule has 0 saturated heterocycles. The first-order chi connectivity index (χ1) is 21.7. The van der Waals surface area contributed by atoms with Crippen LogP contribution in [0.3, 0.4) is 0 Å². The molecule has 0 bridgehead atoms. The van der Waals surface area contributed by atoms with E-state index in [1.807, 2.05) is 0 Å². The molecule has 7 aliphatic rings. The number of Topliss-reactive ketones (excluding diaryl/α,β-unsaturated/α-hetero) is 1. The summed E-state index contributed by atoms with van der Waals surface area (Å²) in [4.78, 5) is 35.3. The summed E-state index contributed by atoms with van der Waals surface area (Å²) < 4.78 is 10.9. The molecule has 4 N–H and O–H groups in total. The van der Waals surface area contributed by atoms with E-state index in [2.05, 4.69) is 19.9 Å². The maximum atomic E-state index is 12.4. The topological polar surface area (TPSA) is 151 Å². The number of aliphatic hydroxyl groups excluding tert-OH is 1. The Balaban J connectivity index is 0.000000147. The van der Waals surface area contributed by atoms with Gasteiger partial charge in [-0.15, -0.1) is 0 Å². The third-order valence-corrected chi connectivity index (χ3v) is 12.3. The van der Waals surface area contributed by atoms with Crippen LogP contribution in [-0.2, 0) is 30.3 Å². The molecule has 46 heavy (non-hydrogen) atoms. The molecule has 9 heteroatoms. The van der Waals surface area contributed by atoms with Crippen LogP contribution in [0.25, 0.3) is 5.57 Å². The number of carbonyl (C=O) groups excluding carboxylic acids is 3. The summed E-state index contributed by atoms with van der Waals surface area (Å²) in [7, 11) is 0. The van der Waals surface area contributed by atoms with Crippen LogP contribution in [-0.4, -0.2) is 56.3 Å². The molecule has 7 unspecified atom stereocenters. The molecule has 3 saturated carbocycles. The van der Waals surface area contributed by atoms with Gasteiger partial charge in [0.2, 0.25) is 11.5 Å². The summed E-state index contributed by atoms with van der Waals surface area (Å²) in [6.07, 6.45) is 13.7. The molecule has 3 fully saturated rings. The van der Waals surface area contributed by atoms with Crippen LogP contribution in [0.2, 0.25) is 0 Å². The first-order valence-electron chi connectivity index (χ1n) is 16.5. The highest BCUT2D eigenvalue weighted by atomic mass is 16.5. The van der Waals surface area contributed by atoms with E-state index < -0.39 is 17.1 Å². The van der Waals surface area contributed by atoms with Gasteiger partial charge in [0.15, 0.2) is 17.3 Å². The Morgan fingerprint density at radius 1 is 0.978 bits per heavy atom. The van der Waals surface area contributed by atoms with Crippen molar-refractivity contribution < 1.29 is 44.3 Å². The summed E-state index contributed by atoms with van der Waals surface area (Å²) in [6.45, 7) is 6.07. The fourth-order valence-electron chi connectivity index (χ4n) is 9.99. The van der Waals surface area contributed by atoms with Crippen molar-refractivity contribution in [2.75, 3.05) is 6.61 Å². The van der Waals surface area contributed by atoms with E-state index in [0.717, 1.165) is 44.9 Å². The van der Waals surface area contributed by atoms with E-state index in [1.165, 1.54) is 43.2 Å². The smallest absolute Gasteiger partial charge is 0.302 e. The van der Waals surface area contributed by atoms with Crippen molar-refractivity contribution in [3.05, 3.63) is 64.2 Å². The number of benzene rings is 1. The lowest BCUT2D eigenvalue weighted by Crippen LogP contribution is -2.50. The molecule has 0 amide bonds. The van der Waals surface area contributed by atoms with Crippen LogP contribution in [0, 0.1) is 28.6 Å². The Kier molecular flexibility index (Phi) is 7.09. The lowest BCUT2D eigenvalue weighted by atomic mass is 9.48. The third-order valence-electron chi connectivity index (χ3n) is 12.3. The minimum atomic E-state index is -1.33. The van der Waals surface area contributed by atoms with Crippen molar-refractivity contribution in [2.24, 2.45) is 28.6 Å². The Morgan fingerprint density at radius 3 is 2.46 bits per heavy atom. The number of rotatable bonds is 1. The number of hydrogen-bond acceptors (Lipinski definition) is 9. The van der Waals surface area contributed by atoms with Crippen LogP contribution in [0.4, 0.5) is 0 Å². The largest absolute Gasteiger partial charge is 0.504 e. The van der Waals surface area contributed by atoms with Gasteiger partial charge in [-0.05, 0) is 97.1 Å². The molecule has 1 heterocycles. The van der Waals surface area contributed by atoms with Crippen molar-refractivity contribution in [1.82, 2.24) is 0 Å². The van der Waals surface area contributed by atoms with Gasteiger partial charge in [0.1, 0.15) is 24.1 Å². The van der Waals surface area contributed by atoms with Gasteiger partial charge < -0.3 is 29.9 Å². The quantitative estimate of drug-likeness (QED) is 0.178. The average molecular weight is 631 g/mol. The monoisotopic (exact) mass is 630 g/mol. The minimum absolute atomic E-state index is 0.0348. The Bertz CT molecular complexity index is 1680. The zero-order valence-corrected chi connectivity index (χ0v) is 26.6. The maximum absolute atomic E-state index is 12.4.